The highest BCUT2D eigenvalue weighted by Crippen LogP contribution is 2.42. The first-order valence-electron chi connectivity index (χ1n) is 5.33. The van der Waals surface area contributed by atoms with E-state index in [1.54, 1.807) is 36.4 Å². The van der Waals surface area contributed by atoms with Gasteiger partial charge in [-0.15, -0.1) is 0 Å². The number of nitrogens with one attached hydrogen (secondary N) is 1. The molecule has 18 heavy (non-hydrogen) atoms. The van der Waals surface area contributed by atoms with Gasteiger partial charge in [0, 0.05) is 12.1 Å². The van der Waals surface area contributed by atoms with Crippen LogP contribution in [-0.4, -0.2) is 0 Å². The van der Waals surface area contributed by atoms with E-state index in [1.807, 2.05) is 0 Å². The fourth-order valence-corrected chi connectivity index (χ4v) is 1.82. The van der Waals surface area contributed by atoms with Crippen molar-refractivity contribution in [1.29, 1.82) is 10.5 Å². The van der Waals surface area contributed by atoms with Gasteiger partial charge in [0.25, 0.3) is 0 Å². The third-order valence-corrected chi connectivity index (χ3v) is 2.71. The maximum absolute atomic E-state index is 8.85. The number of benzene rings is 2. The summed E-state index contributed by atoms with van der Waals surface area (Å²) in [4.78, 5) is 0. The number of hydrogen-bond donors (Lipinski definition) is 1. The van der Waals surface area contributed by atoms with Crippen LogP contribution in [0.2, 0.25) is 0 Å². The number of nitrogens with zero attached hydrogens (tertiary/aromatic N) is 2. The first-order chi connectivity index (χ1) is 8.80. The quantitative estimate of drug-likeness (QED) is 0.646. The minimum Gasteiger partial charge on any atom is -0.453 e. The molecule has 0 aliphatic carbocycles. The van der Waals surface area contributed by atoms with Gasteiger partial charge in [0.05, 0.1) is 34.6 Å². The molecule has 1 aliphatic rings. The van der Waals surface area contributed by atoms with Crippen molar-refractivity contribution in [3.8, 4) is 23.6 Å². The first kappa shape index (κ1) is 10.2. The lowest BCUT2D eigenvalue weighted by molar-refractivity contribution is 0.481. The van der Waals surface area contributed by atoms with E-state index in [-0.39, 0.29) is 0 Å². The van der Waals surface area contributed by atoms with Gasteiger partial charge in [0.2, 0.25) is 0 Å². The van der Waals surface area contributed by atoms with E-state index in [0.717, 1.165) is 11.4 Å². The van der Waals surface area contributed by atoms with Crippen molar-refractivity contribution in [1.82, 2.24) is 0 Å². The summed E-state index contributed by atoms with van der Waals surface area (Å²) >= 11 is 0. The Morgan fingerprint density at radius 1 is 0.833 bits per heavy atom. The number of ether oxygens (including phenoxy) is 1. The van der Waals surface area contributed by atoms with Crippen LogP contribution in [0.1, 0.15) is 11.1 Å². The molecule has 0 atom stereocenters. The number of nitriles is 2. The van der Waals surface area contributed by atoms with Crippen LogP contribution in [0.4, 0.5) is 11.4 Å². The normalized spacial score (nSPS) is 11.0. The predicted molar refractivity (Wildman–Crippen MR) is 65.7 cm³/mol. The third-order valence-electron chi connectivity index (χ3n) is 2.71. The zero-order valence-corrected chi connectivity index (χ0v) is 9.27. The zero-order valence-electron chi connectivity index (χ0n) is 9.27. The first-order valence-corrected chi connectivity index (χ1v) is 5.33. The van der Waals surface area contributed by atoms with Crippen LogP contribution < -0.4 is 10.1 Å². The molecular formula is C14H7N3O. The summed E-state index contributed by atoms with van der Waals surface area (Å²) in [5.74, 6) is 1.19. The molecule has 4 heteroatoms. The number of anilines is 2. The monoisotopic (exact) mass is 233 g/mol. The minimum atomic E-state index is 0.537. The summed E-state index contributed by atoms with van der Waals surface area (Å²) in [7, 11) is 0. The molecule has 0 aromatic heterocycles. The van der Waals surface area contributed by atoms with Crippen molar-refractivity contribution in [2.24, 2.45) is 0 Å². The number of hydrogen-bond acceptors (Lipinski definition) is 4. The molecule has 2 aromatic rings. The van der Waals surface area contributed by atoms with Gasteiger partial charge in [0.1, 0.15) is 0 Å². The summed E-state index contributed by atoms with van der Waals surface area (Å²) in [5.41, 5.74) is 2.70. The van der Waals surface area contributed by atoms with Crippen LogP contribution in [0.3, 0.4) is 0 Å². The van der Waals surface area contributed by atoms with E-state index in [9.17, 15) is 0 Å². The summed E-state index contributed by atoms with van der Waals surface area (Å²) in [6.07, 6.45) is 0. The van der Waals surface area contributed by atoms with E-state index in [2.05, 4.69) is 17.5 Å². The largest absolute Gasteiger partial charge is 0.453 e. The van der Waals surface area contributed by atoms with Crippen LogP contribution in [0, 0.1) is 22.7 Å². The molecule has 1 N–H and O–H groups in total. The molecule has 0 bridgehead atoms. The summed E-state index contributed by atoms with van der Waals surface area (Å²) < 4.78 is 5.70. The molecule has 0 radical (unpaired) electrons. The summed E-state index contributed by atoms with van der Waals surface area (Å²) in [5, 5.41) is 20.9. The standard InChI is InChI=1S/C14H7N3O/c15-7-9-1-3-11-13(5-9)18-14-6-10(8-16)2-4-12(14)17-11/h1-6,17H. The lowest BCUT2D eigenvalue weighted by Gasteiger charge is -2.21. The maximum Gasteiger partial charge on any atom is 0.152 e. The van der Waals surface area contributed by atoms with Crippen molar-refractivity contribution in [2.45, 2.75) is 0 Å². The number of rotatable bonds is 0. The molecule has 1 heterocycles. The molecule has 3 rings (SSSR count). The predicted octanol–water partition coefficient (Wildman–Crippen LogP) is 3.28. The highest BCUT2D eigenvalue weighted by atomic mass is 16.5. The topological polar surface area (TPSA) is 68.8 Å². The summed E-state index contributed by atoms with van der Waals surface area (Å²) in [6.45, 7) is 0. The Labute approximate surface area is 104 Å². The Morgan fingerprint density at radius 3 is 1.78 bits per heavy atom. The van der Waals surface area contributed by atoms with E-state index in [0.29, 0.717) is 22.6 Å². The molecule has 4 nitrogen and oxygen atoms in total. The maximum atomic E-state index is 8.85. The smallest absolute Gasteiger partial charge is 0.152 e. The fraction of sp³-hybridized carbons (Fsp3) is 0. The Balaban J connectivity index is 2.07. The Hall–Kier alpha value is -2.98. The molecular weight excluding hydrogens is 226 g/mol. The Kier molecular flexibility index (Phi) is 2.15. The van der Waals surface area contributed by atoms with Gasteiger partial charge in [-0.05, 0) is 24.3 Å². The Morgan fingerprint density at radius 2 is 1.33 bits per heavy atom. The van der Waals surface area contributed by atoms with Gasteiger partial charge in [-0.25, -0.2) is 0 Å². The lowest BCUT2D eigenvalue weighted by atomic mass is 10.1. The summed E-state index contributed by atoms with van der Waals surface area (Å²) in [6, 6.07) is 14.5. The average molecular weight is 233 g/mol. The van der Waals surface area contributed by atoms with Gasteiger partial charge in [-0.3, -0.25) is 0 Å². The third kappa shape index (κ3) is 1.53. The lowest BCUT2D eigenvalue weighted by Crippen LogP contribution is -2.03. The molecule has 0 amide bonds. The van der Waals surface area contributed by atoms with Gasteiger partial charge < -0.3 is 10.1 Å². The van der Waals surface area contributed by atoms with Crippen molar-refractivity contribution in [3.63, 3.8) is 0 Å². The molecule has 84 valence electrons. The van der Waals surface area contributed by atoms with Crippen molar-refractivity contribution in [2.75, 3.05) is 5.32 Å². The average Bonchev–Trinajstić information content (AvgIpc) is 2.43. The molecule has 0 spiro atoms. The van der Waals surface area contributed by atoms with Crippen LogP contribution in [0.25, 0.3) is 0 Å². The van der Waals surface area contributed by atoms with Crippen LogP contribution >= 0.6 is 0 Å². The Bertz CT molecular complexity index is 661. The van der Waals surface area contributed by atoms with Gasteiger partial charge >= 0.3 is 0 Å². The highest BCUT2D eigenvalue weighted by Gasteiger charge is 2.17. The SMILES string of the molecule is N#Cc1ccc2c(c1)Oc1cc(C#N)ccc1N2. The van der Waals surface area contributed by atoms with Crippen LogP contribution in [-0.2, 0) is 0 Å². The van der Waals surface area contributed by atoms with E-state index < -0.39 is 0 Å². The van der Waals surface area contributed by atoms with Crippen LogP contribution in [0.5, 0.6) is 11.5 Å². The molecule has 0 saturated heterocycles. The number of fused-ring (bicyclic) bond motifs is 2. The molecule has 0 fully saturated rings. The zero-order chi connectivity index (χ0) is 12.5. The van der Waals surface area contributed by atoms with Crippen molar-refractivity contribution in [3.05, 3.63) is 47.5 Å². The second kappa shape index (κ2) is 3.80. The van der Waals surface area contributed by atoms with Gasteiger partial charge in [-0.2, -0.15) is 10.5 Å². The molecule has 2 aromatic carbocycles. The van der Waals surface area contributed by atoms with Gasteiger partial charge in [-0.1, -0.05) is 0 Å². The molecule has 0 unspecified atom stereocenters. The van der Waals surface area contributed by atoms with Crippen LogP contribution in [0.15, 0.2) is 36.4 Å². The molecule has 1 aliphatic heterocycles. The fourth-order valence-electron chi connectivity index (χ4n) is 1.82. The van der Waals surface area contributed by atoms with E-state index in [4.69, 9.17) is 15.3 Å². The van der Waals surface area contributed by atoms with Crippen molar-refractivity contribution < 1.29 is 4.74 Å². The highest BCUT2D eigenvalue weighted by molar-refractivity contribution is 5.76. The second-order valence-corrected chi connectivity index (χ2v) is 3.87. The van der Waals surface area contributed by atoms with E-state index >= 15 is 0 Å². The van der Waals surface area contributed by atoms with Crippen molar-refractivity contribution >= 4 is 11.4 Å². The van der Waals surface area contributed by atoms with Gasteiger partial charge in [0.15, 0.2) is 11.5 Å². The second-order valence-electron chi connectivity index (χ2n) is 3.87. The van der Waals surface area contributed by atoms with E-state index in [1.165, 1.54) is 0 Å². The molecule has 0 saturated carbocycles. The minimum absolute atomic E-state index is 0.537.